The first-order chi connectivity index (χ1) is 18.2. The zero-order valence-electron chi connectivity index (χ0n) is 21.3. The molecule has 9 heteroatoms. The van der Waals surface area contributed by atoms with Gasteiger partial charge >= 0.3 is 5.97 Å². The van der Waals surface area contributed by atoms with Crippen LogP contribution in [0.2, 0.25) is 10.0 Å². The number of thiazole rings is 1. The van der Waals surface area contributed by atoms with Crippen LogP contribution in [0.1, 0.15) is 42.4 Å². The van der Waals surface area contributed by atoms with Gasteiger partial charge < -0.3 is 9.30 Å². The van der Waals surface area contributed by atoms with Crippen molar-refractivity contribution in [2.24, 2.45) is 4.99 Å². The minimum absolute atomic E-state index is 0.206. The average Bonchev–Trinajstić information content (AvgIpc) is 3.33. The van der Waals surface area contributed by atoms with Gasteiger partial charge in [-0.05, 0) is 75.2 Å². The summed E-state index contributed by atoms with van der Waals surface area (Å²) < 4.78 is 9.51. The number of aryl methyl sites for hydroxylation is 1. The van der Waals surface area contributed by atoms with Gasteiger partial charge in [0.1, 0.15) is 6.04 Å². The van der Waals surface area contributed by atoms with Crippen molar-refractivity contribution in [1.29, 1.82) is 0 Å². The second-order valence-corrected chi connectivity index (χ2v) is 10.8. The van der Waals surface area contributed by atoms with E-state index in [0.717, 1.165) is 22.6 Å². The summed E-state index contributed by atoms with van der Waals surface area (Å²) in [7, 11) is 0. The van der Waals surface area contributed by atoms with Crippen molar-refractivity contribution in [3.63, 3.8) is 0 Å². The van der Waals surface area contributed by atoms with Crippen LogP contribution in [-0.2, 0) is 9.53 Å². The smallest absolute Gasteiger partial charge is 0.338 e. The molecule has 6 nitrogen and oxygen atoms in total. The van der Waals surface area contributed by atoms with E-state index < -0.39 is 12.0 Å². The summed E-state index contributed by atoms with van der Waals surface area (Å²) >= 11 is 14.1. The summed E-state index contributed by atoms with van der Waals surface area (Å²) in [4.78, 5) is 32.1. The van der Waals surface area contributed by atoms with Crippen LogP contribution in [-0.4, -0.2) is 21.7 Å². The van der Waals surface area contributed by atoms with Crippen molar-refractivity contribution in [2.75, 3.05) is 6.61 Å². The molecule has 38 heavy (non-hydrogen) atoms. The molecule has 0 saturated carbocycles. The molecule has 1 aliphatic heterocycles. The number of aromatic nitrogens is 2. The highest BCUT2D eigenvalue weighted by Gasteiger charge is 2.34. The Bertz CT molecular complexity index is 1800. The Morgan fingerprint density at radius 2 is 1.87 bits per heavy atom. The van der Waals surface area contributed by atoms with Gasteiger partial charge in [-0.25, -0.2) is 9.79 Å². The Morgan fingerprint density at radius 3 is 2.58 bits per heavy atom. The largest absolute Gasteiger partial charge is 0.463 e. The normalized spacial score (nSPS) is 15.4. The van der Waals surface area contributed by atoms with E-state index in [4.69, 9.17) is 27.9 Å². The van der Waals surface area contributed by atoms with E-state index in [1.807, 2.05) is 68.5 Å². The highest BCUT2D eigenvalue weighted by Crippen LogP contribution is 2.34. The van der Waals surface area contributed by atoms with Gasteiger partial charge in [-0.1, -0.05) is 58.8 Å². The summed E-state index contributed by atoms with van der Waals surface area (Å²) in [5, 5.41) is 1.10. The summed E-state index contributed by atoms with van der Waals surface area (Å²) in [5.41, 5.74) is 5.03. The van der Waals surface area contributed by atoms with E-state index in [-0.39, 0.29) is 12.2 Å². The van der Waals surface area contributed by atoms with Gasteiger partial charge in [0.25, 0.3) is 5.56 Å². The van der Waals surface area contributed by atoms with Crippen LogP contribution in [0.3, 0.4) is 0 Å². The van der Waals surface area contributed by atoms with Gasteiger partial charge in [-0.15, -0.1) is 0 Å². The zero-order chi connectivity index (χ0) is 27.1. The lowest BCUT2D eigenvalue weighted by molar-refractivity contribution is -0.139. The number of hydrogen-bond acceptors (Lipinski definition) is 5. The molecule has 1 aliphatic rings. The molecule has 0 N–H and O–H groups in total. The summed E-state index contributed by atoms with van der Waals surface area (Å²) in [6.07, 6.45) is 1.88. The molecule has 0 radical (unpaired) electrons. The van der Waals surface area contributed by atoms with Crippen molar-refractivity contribution in [2.45, 2.75) is 33.7 Å². The monoisotopic (exact) mass is 565 g/mol. The van der Waals surface area contributed by atoms with E-state index in [0.29, 0.717) is 36.2 Å². The van der Waals surface area contributed by atoms with Crippen molar-refractivity contribution < 1.29 is 9.53 Å². The van der Waals surface area contributed by atoms with E-state index in [1.54, 1.807) is 24.5 Å². The number of esters is 1. The standard InChI is InChI=1S/C29H25Cl2N3O3S/c1-5-37-28(36)25-17(3)32-29-34(26(25)22-11-6-7-12-23(22)31)27(35)24(38-29)14-19-13-16(2)33(18(19)4)21-10-8-9-20(30)15-21/h6-15,26H,5H2,1-4H3/b24-14-/t26-/m1/s1. The highest BCUT2D eigenvalue weighted by atomic mass is 35.5. The molecule has 0 spiro atoms. The first-order valence-electron chi connectivity index (χ1n) is 12.1. The summed E-state index contributed by atoms with van der Waals surface area (Å²) in [6, 6.07) is 16.1. The first-order valence-corrected chi connectivity index (χ1v) is 13.7. The maximum atomic E-state index is 13.9. The van der Waals surface area contributed by atoms with Gasteiger partial charge in [-0.2, -0.15) is 0 Å². The molecule has 0 saturated heterocycles. The number of fused-ring (bicyclic) bond motifs is 1. The molecule has 2 aromatic carbocycles. The third kappa shape index (κ3) is 4.55. The topological polar surface area (TPSA) is 65.6 Å². The predicted octanol–water partition coefficient (Wildman–Crippen LogP) is 5.51. The molecule has 5 rings (SSSR count). The number of ether oxygens (including phenoxy) is 1. The molecular weight excluding hydrogens is 541 g/mol. The van der Waals surface area contributed by atoms with Crippen LogP contribution in [0.5, 0.6) is 0 Å². The molecule has 1 atom stereocenters. The lowest BCUT2D eigenvalue weighted by atomic mass is 9.96. The number of carbonyl (C=O) groups is 1. The number of rotatable bonds is 5. The fraction of sp³-hybridized carbons (Fsp3) is 0.207. The van der Waals surface area contributed by atoms with Crippen LogP contribution in [0.15, 0.2) is 75.7 Å². The molecule has 4 aromatic rings. The van der Waals surface area contributed by atoms with Gasteiger partial charge in [0.2, 0.25) is 0 Å². The van der Waals surface area contributed by atoms with Crippen LogP contribution in [0.4, 0.5) is 0 Å². The molecule has 0 aliphatic carbocycles. The maximum absolute atomic E-state index is 13.9. The quantitative estimate of drug-likeness (QED) is 0.299. The average molecular weight is 567 g/mol. The van der Waals surface area contributed by atoms with E-state index in [2.05, 4.69) is 9.56 Å². The fourth-order valence-corrected chi connectivity index (χ4v) is 6.33. The molecular formula is C29H25Cl2N3O3S. The number of benzene rings is 2. The van der Waals surface area contributed by atoms with Crippen LogP contribution in [0.25, 0.3) is 11.8 Å². The second-order valence-electron chi connectivity index (χ2n) is 8.97. The minimum Gasteiger partial charge on any atom is -0.463 e. The summed E-state index contributed by atoms with van der Waals surface area (Å²) in [5.74, 6) is -0.516. The van der Waals surface area contributed by atoms with Crippen LogP contribution in [0, 0.1) is 13.8 Å². The van der Waals surface area contributed by atoms with Crippen molar-refractivity contribution in [1.82, 2.24) is 9.13 Å². The number of nitrogens with zero attached hydrogens (tertiary/aromatic N) is 3. The zero-order valence-corrected chi connectivity index (χ0v) is 23.6. The summed E-state index contributed by atoms with van der Waals surface area (Å²) in [6.45, 7) is 7.72. The highest BCUT2D eigenvalue weighted by molar-refractivity contribution is 7.07. The maximum Gasteiger partial charge on any atom is 0.338 e. The Kier molecular flexibility index (Phi) is 7.18. The van der Waals surface area contributed by atoms with Crippen molar-refractivity contribution in [3.05, 3.63) is 118 Å². The Hall–Kier alpha value is -3.39. The van der Waals surface area contributed by atoms with E-state index in [1.165, 1.54) is 11.3 Å². The van der Waals surface area contributed by atoms with Crippen molar-refractivity contribution >= 4 is 46.6 Å². The SMILES string of the molecule is CCOC(=O)C1=C(C)N=c2s/c(=C\c3cc(C)n(-c4cccc(Cl)c4)c3C)c(=O)n2[C@@H]1c1ccccc1Cl. The molecule has 0 fully saturated rings. The molecule has 0 bridgehead atoms. The van der Waals surface area contributed by atoms with Gasteiger partial charge in [0, 0.05) is 27.1 Å². The molecule has 0 amide bonds. The molecule has 0 unspecified atom stereocenters. The second kappa shape index (κ2) is 10.4. The molecule has 194 valence electrons. The number of hydrogen-bond donors (Lipinski definition) is 0. The van der Waals surface area contributed by atoms with Gasteiger partial charge in [0.05, 0.1) is 22.4 Å². The number of halogens is 2. The third-order valence-electron chi connectivity index (χ3n) is 6.54. The van der Waals surface area contributed by atoms with Gasteiger partial charge in [0.15, 0.2) is 4.80 Å². The molecule has 3 heterocycles. The first kappa shape index (κ1) is 26.2. The number of allylic oxidation sites excluding steroid dienone is 1. The van der Waals surface area contributed by atoms with Crippen LogP contribution >= 0.6 is 34.5 Å². The lowest BCUT2D eigenvalue weighted by Crippen LogP contribution is -2.40. The Labute approximate surface area is 233 Å². The predicted molar refractivity (Wildman–Crippen MR) is 152 cm³/mol. The minimum atomic E-state index is -0.750. The lowest BCUT2D eigenvalue weighted by Gasteiger charge is -2.25. The number of carbonyl (C=O) groups excluding carboxylic acids is 1. The fourth-order valence-electron chi connectivity index (χ4n) is 4.87. The van der Waals surface area contributed by atoms with E-state index in [9.17, 15) is 9.59 Å². The van der Waals surface area contributed by atoms with Crippen LogP contribution < -0.4 is 14.9 Å². The van der Waals surface area contributed by atoms with Gasteiger partial charge in [-0.3, -0.25) is 9.36 Å². The van der Waals surface area contributed by atoms with E-state index >= 15 is 0 Å². The van der Waals surface area contributed by atoms with Crippen molar-refractivity contribution in [3.8, 4) is 5.69 Å². The third-order valence-corrected chi connectivity index (χ3v) is 8.10. The Morgan fingerprint density at radius 1 is 1.11 bits per heavy atom. The molecule has 2 aromatic heterocycles. The Balaban J connectivity index is 1.71.